The van der Waals surface area contributed by atoms with E-state index in [9.17, 15) is 4.79 Å². The van der Waals surface area contributed by atoms with E-state index < -0.39 is 0 Å². The summed E-state index contributed by atoms with van der Waals surface area (Å²) >= 11 is 1.63. The smallest absolute Gasteiger partial charge is 0.248 e. The minimum atomic E-state index is -0.260. The number of aromatic nitrogens is 1. The predicted molar refractivity (Wildman–Crippen MR) is 115 cm³/mol. The van der Waals surface area contributed by atoms with Crippen LogP contribution in [0.25, 0.3) is 0 Å². The molecule has 6 heteroatoms. The SMILES string of the molecule is C=C(CCC)N[C@@H](CC(C)C)C(=O)Nc1nc2c(s1)C[C@H](NCCC)CC2. The summed E-state index contributed by atoms with van der Waals surface area (Å²) in [6, 6.07) is 0.276. The summed E-state index contributed by atoms with van der Waals surface area (Å²) in [5.74, 6) is 0.422. The van der Waals surface area contributed by atoms with Crippen molar-refractivity contribution in [3.8, 4) is 0 Å². The molecule has 0 saturated carbocycles. The average molecular weight is 393 g/mol. The quantitative estimate of drug-likeness (QED) is 0.526. The molecule has 1 aromatic rings. The van der Waals surface area contributed by atoms with Gasteiger partial charge in [-0.15, -0.1) is 11.3 Å². The van der Waals surface area contributed by atoms with Crippen LogP contribution in [0.3, 0.4) is 0 Å². The zero-order chi connectivity index (χ0) is 19.8. The largest absolute Gasteiger partial charge is 0.378 e. The number of hydrogen-bond acceptors (Lipinski definition) is 5. The van der Waals surface area contributed by atoms with Crippen molar-refractivity contribution in [3.05, 3.63) is 22.8 Å². The van der Waals surface area contributed by atoms with Crippen LogP contribution >= 0.6 is 11.3 Å². The number of thiazole rings is 1. The molecule has 0 saturated heterocycles. The monoisotopic (exact) mass is 392 g/mol. The Morgan fingerprint density at radius 1 is 1.33 bits per heavy atom. The van der Waals surface area contributed by atoms with Crippen LogP contribution in [-0.4, -0.2) is 29.5 Å². The van der Waals surface area contributed by atoms with Crippen LogP contribution in [0.5, 0.6) is 0 Å². The average Bonchev–Trinajstić information content (AvgIpc) is 3.00. The Kier molecular flexibility index (Phi) is 8.77. The molecule has 5 nitrogen and oxygen atoms in total. The first-order chi connectivity index (χ1) is 12.9. The van der Waals surface area contributed by atoms with Gasteiger partial charge in [-0.1, -0.05) is 40.7 Å². The number of carbonyl (C=O) groups excluding carboxylic acids is 1. The van der Waals surface area contributed by atoms with Crippen LogP contribution in [0.2, 0.25) is 0 Å². The van der Waals surface area contributed by atoms with Crippen LogP contribution < -0.4 is 16.0 Å². The van der Waals surface area contributed by atoms with Crippen LogP contribution in [0.15, 0.2) is 12.3 Å². The van der Waals surface area contributed by atoms with E-state index in [1.165, 1.54) is 4.88 Å². The minimum Gasteiger partial charge on any atom is -0.378 e. The van der Waals surface area contributed by atoms with E-state index in [0.717, 1.165) is 68.0 Å². The number of nitrogens with zero attached hydrogens (tertiary/aromatic N) is 1. The first-order valence-electron chi connectivity index (χ1n) is 10.4. The Morgan fingerprint density at radius 3 is 2.78 bits per heavy atom. The van der Waals surface area contributed by atoms with Crippen molar-refractivity contribution in [1.29, 1.82) is 0 Å². The van der Waals surface area contributed by atoms with Crippen molar-refractivity contribution >= 4 is 22.4 Å². The zero-order valence-electron chi connectivity index (χ0n) is 17.4. The standard InChI is InChI=1S/C21H36N4OS/c1-6-8-15(5)23-18(12-14(3)4)20(26)25-21-24-17-10-9-16(22-11-7-2)13-19(17)27-21/h14,16,18,22-23H,5-13H2,1-4H3,(H,24,25,26)/t16-,18+/m1/s1. The van der Waals surface area contributed by atoms with Gasteiger partial charge in [-0.05, 0) is 51.0 Å². The van der Waals surface area contributed by atoms with Gasteiger partial charge < -0.3 is 16.0 Å². The Labute approximate surface area is 168 Å². The molecule has 0 unspecified atom stereocenters. The molecule has 27 heavy (non-hydrogen) atoms. The van der Waals surface area contributed by atoms with E-state index >= 15 is 0 Å². The molecule has 0 fully saturated rings. The lowest BCUT2D eigenvalue weighted by Crippen LogP contribution is -2.40. The molecule has 2 rings (SSSR count). The summed E-state index contributed by atoms with van der Waals surface area (Å²) in [5, 5.41) is 10.7. The fraction of sp³-hybridized carbons (Fsp3) is 0.714. The predicted octanol–water partition coefficient (Wildman–Crippen LogP) is 4.26. The molecule has 0 aromatic carbocycles. The highest BCUT2D eigenvalue weighted by molar-refractivity contribution is 7.15. The van der Waals surface area contributed by atoms with E-state index in [0.29, 0.717) is 12.0 Å². The van der Waals surface area contributed by atoms with Crippen molar-refractivity contribution in [1.82, 2.24) is 15.6 Å². The molecule has 152 valence electrons. The molecule has 1 amide bonds. The summed E-state index contributed by atoms with van der Waals surface area (Å²) in [7, 11) is 0. The number of amides is 1. The van der Waals surface area contributed by atoms with Gasteiger partial charge in [0.2, 0.25) is 5.91 Å². The highest BCUT2D eigenvalue weighted by Crippen LogP contribution is 2.30. The number of fused-ring (bicyclic) bond motifs is 1. The zero-order valence-corrected chi connectivity index (χ0v) is 18.2. The maximum Gasteiger partial charge on any atom is 0.248 e. The van der Waals surface area contributed by atoms with Crippen molar-refractivity contribution in [3.63, 3.8) is 0 Å². The summed E-state index contributed by atoms with van der Waals surface area (Å²) in [6.45, 7) is 13.7. The minimum absolute atomic E-state index is 0.00675. The van der Waals surface area contributed by atoms with Gasteiger partial charge in [-0.3, -0.25) is 4.79 Å². The molecule has 0 aliphatic heterocycles. The van der Waals surface area contributed by atoms with Gasteiger partial charge in [0.1, 0.15) is 6.04 Å². The summed E-state index contributed by atoms with van der Waals surface area (Å²) in [5.41, 5.74) is 2.09. The molecule has 1 heterocycles. The number of anilines is 1. The Hall–Kier alpha value is -1.40. The highest BCUT2D eigenvalue weighted by Gasteiger charge is 2.25. The van der Waals surface area contributed by atoms with Gasteiger partial charge in [0.05, 0.1) is 5.69 Å². The first-order valence-corrected chi connectivity index (χ1v) is 11.2. The maximum absolute atomic E-state index is 12.8. The van der Waals surface area contributed by atoms with Crippen molar-refractivity contribution in [2.24, 2.45) is 5.92 Å². The summed E-state index contributed by atoms with van der Waals surface area (Å²) < 4.78 is 0. The third-order valence-electron chi connectivity index (χ3n) is 4.81. The van der Waals surface area contributed by atoms with E-state index in [2.05, 4.69) is 50.2 Å². The molecule has 3 N–H and O–H groups in total. The van der Waals surface area contributed by atoms with Crippen LogP contribution in [0.1, 0.15) is 70.4 Å². The molecule has 0 bridgehead atoms. The van der Waals surface area contributed by atoms with Gasteiger partial charge in [0.25, 0.3) is 0 Å². The van der Waals surface area contributed by atoms with Crippen LogP contribution in [-0.2, 0) is 17.6 Å². The Bertz CT molecular complexity index is 626. The fourth-order valence-electron chi connectivity index (χ4n) is 3.47. The normalized spacial score (nSPS) is 17.4. The van der Waals surface area contributed by atoms with Gasteiger partial charge in [0, 0.05) is 16.6 Å². The van der Waals surface area contributed by atoms with Crippen LogP contribution in [0.4, 0.5) is 5.13 Å². The molecule has 0 spiro atoms. The first kappa shape index (κ1) is 21.9. The lowest BCUT2D eigenvalue weighted by atomic mass is 9.98. The lowest BCUT2D eigenvalue weighted by Gasteiger charge is -2.21. The van der Waals surface area contributed by atoms with E-state index in [1.54, 1.807) is 11.3 Å². The molecule has 1 aromatic heterocycles. The third-order valence-corrected chi connectivity index (χ3v) is 5.84. The van der Waals surface area contributed by atoms with E-state index in [1.807, 2.05) is 0 Å². The molecule has 1 aliphatic carbocycles. The molecule has 2 atom stereocenters. The van der Waals surface area contributed by atoms with Gasteiger partial charge in [0.15, 0.2) is 5.13 Å². The number of carbonyl (C=O) groups is 1. The van der Waals surface area contributed by atoms with Crippen molar-refractivity contribution in [2.75, 3.05) is 11.9 Å². The highest BCUT2D eigenvalue weighted by atomic mass is 32.1. The second-order valence-corrected chi connectivity index (χ2v) is 9.04. The van der Waals surface area contributed by atoms with Gasteiger partial charge >= 0.3 is 0 Å². The van der Waals surface area contributed by atoms with E-state index in [-0.39, 0.29) is 11.9 Å². The number of allylic oxidation sites excluding steroid dienone is 1. The lowest BCUT2D eigenvalue weighted by molar-refractivity contribution is -0.118. The molecular weight excluding hydrogens is 356 g/mol. The van der Waals surface area contributed by atoms with Gasteiger partial charge in [-0.2, -0.15) is 0 Å². The molecular formula is C21H36N4OS. The van der Waals surface area contributed by atoms with Crippen molar-refractivity contribution in [2.45, 2.75) is 84.7 Å². The second kappa shape index (κ2) is 10.8. The number of nitrogens with one attached hydrogen (secondary N) is 3. The molecule has 1 aliphatic rings. The van der Waals surface area contributed by atoms with Crippen LogP contribution in [0, 0.1) is 5.92 Å². The topological polar surface area (TPSA) is 66.0 Å². The Balaban J connectivity index is 1.99. The number of hydrogen-bond donors (Lipinski definition) is 3. The van der Waals surface area contributed by atoms with E-state index in [4.69, 9.17) is 4.98 Å². The molecule has 0 radical (unpaired) electrons. The number of rotatable bonds is 11. The van der Waals surface area contributed by atoms with Gasteiger partial charge in [-0.25, -0.2) is 4.98 Å². The third kappa shape index (κ3) is 6.92. The summed E-state index contributed by atoms with van der Waals surface area (Å²) in [4.78, 5) is 18.9. The Morgan fingerprint density at radius 2 is 2.11 bits per heavy atom. The fourth-order valence-corrected chi connectivity index (χ4v) is 4.56. The number of aryl methyl sites for hydroxylation is 1. The maximum atomic E-state index is 12.8. The second-order valence-electron chi connectivity index (χ2n) is 7.95. The summed E-state index contributed by atoms with van der Waals surface area (Å²) in [6.07, 6.45) is 6.98. The van der Waals surface area contributed by atoms with Crippen molar-refractivity contribution < 1.29 is 4.79 Å².